The molecule has 0 unspecified atom stereocenters. The lowest BCUT2D eigenvalue weighted by Crippen LogP contribution is -2.42. The van der Waals surface area contributed by atoms with Crippen molar-refractivity contribution in [1.29, 1.82) is 0 Å². The molecule has 0 bridgehead atoms. The highest BCUT2D eigenvalue weighted by Gasteiger charge is 2.11. The van der Waals surface area contributed by atoms with E-state index in [0.29, 0.717) is 12.1 Å². The van der Waals surface area contributed by atoms with Crippen molar-refractivity contribution in [2.75, 3.05) is 6.54 Å². The fraction of sp³-hybridized carbons (Fsp3) is 1.00. The summed E-state index contributed by atoms with van der Waals surface area (Å²) in [5.74, 6) is 0. The Bertz CT molecular complexity index is 71.3. The highest BCUT2D eigenvalue weighted by atomic mass is 15.5. The summed E-state index contributed by atoms with van der Waals surface area (Å²) in [6, 6.07) is 1.06. The third kappa shape index (κ3) is 3.18. The molecule has 0 heterocycles. The van der Waals surface area contributed by atoms with Crippen molar-refractivity contribution in [2.24, 2.45) is 0 Å². The first-order chi connectivity index (χ1) is 4.59. The summed E-state index contributed by atoms with van der Waals surface area (Å²) < 4.78 is 0. The van der Waals surface area contributed by atoms with E-state index in [9.17, 15) is 0 Å². The number of nitrogens with zero attached hydrogens (tertiary/aromatic N) is 2. The van der Waals surface area contributed by atoms with Crippen molar-refractivity contribution in [3.8, 4) is 0 Å². The van der Waals surface area contributed by atoms with Crippen LogP contribution in [0.4, 0.5) is 0 Å². The molecule has 0 aromatic carbocycles. The summed E-state index contributed by atoms with van der Waals surface area (Å²) in [4.78, 5) is 0. The topological polar surface area (TPSA) is 17.3 Å². The summed E-state index contributed by atoms with van der Waals surface area (Å²) in [6.07, 6.45) is 0. The van der Waals surface area contributed by atoms with Gasteiger partial charge in [0.2, 0.25) is 0 Å². The minimum absolute atomic E-state index is 0.528. The Morgan fingerprint density at radius 2 is 1.50 bits per heavy atom. The zero-order valence-corrected chi connectivity index (χ0v) is 7.76. The molecule has 10 heavy (non-hydrogen) atoms. The Hall–Kier alpha value is -0.0800. The van der Waals surface area contributed by atoms with Gasteiger partial charge >= 0.3 is 0 Å². The maximum Gasteiger partial charge on any atom is 0.0278 e. The van der Waals surface area contributed by atoms with Gasteiger partial charge in [0.15, 0.2) is 0 Å². The van der Waals surface area contributed by atoms with Gasteiger partial charge in [-0.15, -0.1) is 0 Å². The lowest BCUT2D eigenvalue weighted by Gasteiger charge is -2.28. The van der Waals surface area contributed by atoms with Crippen LogP contribution in [0, 0.1) is 0 Å². The molecule has 61 valence electrons. The maximum atomic E-state index is 4.36. The van der Waals surface area contributed by atoms with Crippen LogP contribution in [0.15, 0.2) is 0 Å². The molecule has 2 nitrogen and oxygen atoms in total. The molecule has 0 rings (SSSR count). The summed E-state index contributed by atoms with van der Waals surface area (Å²) >= 11 is 0. The third-order valence-corrected chi connectivity index (χ3v) is 1.36. The van der Waals surface area contributed by atoms with Crippen LogP contribution < -0.4 is 5.43 Å². The second-order valence-corrected chi connectivity index (χ2v) is 3.03. The van der Waals surface area contributed by atoms with Crippen LogP contribution >= 0.6 is 0 Å². The van der Waals surface area contributed by atoms with Gasteiger partial charge in [-0.2, -0.15) is 5.43 Å². The van der Waals surface area contributed by atoms with Crippen molar-refractivity contribution >= 4 is 0 Å². The van der Waals surface area contributed by atoms with E-state index in [0.717, 1.165) is 6.54 Å². The summed E-state index contributed by atoms with van der Waals surface area (Å²) in [5, 5.41) is 2.14. The van der Waals surface area contributed by atoms with Gasteiger partial charge in [-0.05, 0) is 34.6 Å². The van der Waals surface area contributed by atoms with Gasteiger partial charge in [-0.25, -0.2) is 5.01 Å². The predicted octanol–water partition coefficient (Wildman–Crippen LogP) is 1.64. The molecule has 0 aliphatic heterocycles. The zero-order chi connectivity index (χ0) is 8.15. The molecule has 0 saturated heterocycles. The SMILES string of the molecule is CC[N]N(C(C)C)C(C)C. The van der Waals surface area contributed by atoms with Gasteiger partial charge in [0.25, 0.3) is 0 Å². The normalized spacial score (nSPS) is 12.0. The van der Waals surface area contributed by atoms with E-state index in [1.54, 1.807) is 0 Å². The van der Waals surface area contributed by atoms with Gasteiger partial charge in [-0.3, -0.25) is 0 Å². The smallest absolute Gasteiger partial charge is 0.0278 e. The first-order valence-electron chi connectivity index (χ1n) is 4.05. The zero-order valence-electron chi connectivity index (χ0n) is 7.76. The highest BCUT2D eigenvalue weighted by Crippen LogP contribution is 2.00. The average molecular weight is 143 g/mol. The molecule has 0 atom stereocenters. The predicted molar refractivity (Wildman–Crippen MR) is 44.8 cm³/mol. The molecule has 0 spiro atoms. The molecule has 0 aromatic rings. The van der Waals surface area contributed by atoms with Gasteiger partial charge < -0.3 is 0 Å². The molecule has 0 fully saturated rings. The summed E-state index contributed by atoms with van der Waals surface area (Å²) in [7, 11) is 0. The Balaban J connectivity index is 3.73. The summed E-state index contributed by atoms with van der Waals surface area (Å²) in [6.45, 7) is 11.6. The van der Waals surface area contributed by atoms with Crippen LogP contribution in [-0.4, -0.2) is 23.6 Å². The van der Waals surface area contributed by atoms with Gasteiger partial charge in [0, 0.05) is 18.6 Å². The Kier molecular flexibility index (Phi) is 4.65. The second-order valence-electron chi connectivity index (χ2n) is 3.03. The Labute approximate surface area is 64.6 Å². The molecule has 2 heteroatoms. The molecule has 0 saturated carbocycles. The molecule has 0 aromatic heterocycles. The van der Waals surface area contributed by atoms with Gasteiger partial charge in [-0.1, -0.05) is 0 Å². The van der Waals surface area contributed by atoms with E-state index in [-0.39, 0.29) is 0 Å². The van der Waals surface area contributed by atoms with Crippen LogP contribution in [-0.2, 0) is 0 Å². The van der Waals surface area contributed by atoms with Crippen molar-refractivity contribution < 1.29 is 0 Å². The summed E-state index contributed by atoms with van der Waals surface area (Å²) in [5.41, 5.74) is 4.36. The highest BCUT2D eigenvalue weighted by molar-refractivity contribution is 4.61. The Morgan fingerprint density at radius 3 is 1.60 bits per heavy atom. The van der Waals surface area contributed by atoms with Crippen molar-refractivity contribution in [3.05, 3.63) is 0 Å². The monoisotopic (exact) mass is 143 g/mol. The van der Waals surface area contributed by atoms with E-state index in [1.807, 2.05) is 0 Å². The Morgan fingerprint density at radius 1 is 1.10 bits per heavy atom. The van der Waals surface area contributed by atoms with Crippen LogP contribution in [0.1, 0.15) is 34.6 Å². The van der Waals surface area contributed by atoms with Crippen LogP contribution in [0.3, 0.4) is 0 Å². The third-order valence-electron chi connectivity index (χ3n) is 1.36. The van der Waals surface area contributed by atoms with E-state index in [1.165, 1.54) is 0 Å². The van der Waals surface area contributed by atoms with Crippen molar-refractivity contribution in [1.82, 2.24) is 10.4 Å². The fourth-order valence-electron chi connectivity index (χ4n) is 1.09. The molecular weight excluding hydrogens is 124 g/mol. The lowest BCUT2D eigenvalue weighted by molar-refractivity contribution is 0.0999. The van der Waals surface area contributed by atoms with Crippen molar-refractivity contribution in [3.63, 3.8) is 0 Å². The van der Waals surface area contributed by atoms with Crippen LogP contribution in [0.5, 0.6) is 0 Å². The standard InChI is InChI=1S/C8H19N2/c1-6-9-10(7(2)3)8(4)5/h7-8H,6H2,1-5H3. The molecule has 0 aliphatic rings. The van der Waals surface area contributed by atoms with Crippen LogP contribution in [0.25, 0.3) is 0 Å². The average Bonchev–Trinajstić information content (AvgIpc) is 1.81. The van der Waals surface area contributed by atoms with Gasteiger partial charge in [0.1, 0.15) is 0 Å². The van der Waals surface area contributed by atoms with E-state index in [2.05, 4.69) is 45.1 Å². The molecule has 0 aliphatic carbocycles. The second kappa shape index (κ2) is 4.69. The number of rotatable bonds is 4. The first-order valence-corrected chi connectivity index (χ1v) is 4.05. The van der Waals surface area contributed by atoms with E-state index < -0.39 is 0 Å². The number of hydrogen-bond donors (Lipinski definition) is 0. The molecule has 0 amide bonds. The first kappa shape index (κ1) is 9.92. The minimum Gasteiger partial charge on any atom is -0.222 e. The minimum atomic E-state index is 0.528. The molecular formula is C8H19N2. The number of hydrogen-bond acceptors (Lipinski definition) is 1. The van der Waals surface area contributed by atoms with Crippen molar-refractivity contribution in [2.45, 2.75) is 46.7 Å². The molecule has 1 radical (unpaired) electrons. The van der Waals surface area contributed by atoms with E-state index in [4.69, 9.17) is 0 Å². The largest absolute Gasteiger partial charge is 0.222 e. The maximum absolute atomic E-state index is 4.36. The van der Waals surface area contributed by atoms with E-state index >= 15 is 0 Å². The quantitative estimate of drug-likeness (QED) is 0.547. The lowest BCUT2D eigenvalue weighted by atomic mass is 10.3. The van der Waals surface area contributed by atoms with Gasteiger partial charge in [0.05, 0.1) is 0 Å². The molecule has 0 N–H and O–H groups in total. The van der Waals surface area contributed by atoms with Crippen LogP contribution in [0.2, 0.25) is 0 Å². The fourth-order valence-corrected chi connectivity index (χ4v) is 1.09.